The predicted octanol–water partition coefficient (Wildman–Crippen LogP) is 5.66. The van der Waals surface area contributed by atoms with Crippen molar-refractivity contribution in [1.82, 2.24) is 15.2 Å². The first kappa shape index (κ1) is 26.3. The Morgan fingerprint density at radius 1 is 1.30 bits per heavy atom. The standard InChI is InChI=1S/C29H38F3N3O2/c1-3-33-26(36)6-8-28(10-14-37-15-11-28)9-13-35-12-7-20-16-25-27(19(2)23(20)18-35)22-17-21(29(30,31)32)4-5-24(22)34-25/h4-6,8,17,19-20,23,34H,3,7,9-16,18H2,1-2H3,(H,33,36)/b8-6+/t19-,20-,23?/m1/s1. The van der Waals surface area contributed by atoms with Gasteiger partial charge in [-0.1, -0.05) is 13.0 Å². The molecule has 0 bridgehead atoms. The minimum atomic E-state index is -4.34. The Morgan fingerprint density at radius 2 is 2.08 bits per heavy atom. The van der Waals surface area contributed by atoms with Gasteiger partial charge < -0.3 is 19.9 Å². The maximum Gasteiger partial charge on any atom is 0.416 e. The molecular weight excluding hydrogens is 479 g/mol. The molecule has 202 valence electrons. The summed E-state index contributed by atoms with van der Waals surface area (Å²) in [6.45, 7) is 9.10. The van der Waals surface area contributed by atoms with Crippen LogP contribution in [0.1, 0.15) is 62.3 Å². The molecule has 0 spiro atoms. The lowest BCUT2D eigenvalue weighted by Gasteiger charge is -2.45. The van der Waals surface area contributed by atoms with Gasteiger partial charge in [0.2, 0.25) is 5.91 Å². The van der Waals surface area contributed by atoms with E-state index in [9.17, 15) is 18.0 Å². The Labute approximate surface area is 216 Å². The fraction of sp³-hybridized carbons (Fsp3) is 0.621. The second kappa shape index (κ2) is 10.4. The summed E-state index contributed by atoms with van der Waals surface area (Å²) >= 11 is 0. The van der Waals surface area contributed by atoms with Crippen LogP contribution in [0, 0.1) is 17.3 Å². The third-order valence-corrected chi connectivity index (χ3v) is 9.06. The molecule has 1 amide bonds. The summed E-state index contributed by atoms with van der Waals surface area (Å²) in [5.74, 6) is 1.12. The molecule has 3 heterocycles. The molecule has 3 atom stereocenters. The van der Waals surface area contributed by atoms with E-state index in [2.05, 4.69) is 28.2 Å². The number of piperidine rings is 1. The molecule has 1 aromatic heterocycles. The highest BCUT2D eigenvalue weighted by molar-refractivity contribution is 5.87. The van der Waals surface area contributed by atoms with Gasteiger partial charge >= 0.3 is 6.18 Å². The van der Waals surface area contributed by atoms with Gasteiger partial charge in [0.1, 0.15) is 0 Å². The number of ether oxygens (including phenoxy) is 1. The maximum atomic E-state index is 13.4. The number of halogens is 3. The summed E-state index contributed by atoms with van der Waals surface area (Å²) in [5, 5.41) is 3.57. The number of H-pyrrole nitrogens is 1. The van der Waals surface area contributed by atoms with Crippen molar-refractivity contribution >= 4 is 16.8 Å². The van der Waals surface area contributed by atoms with Crippen molar-refractivity contribution < 1.29 is 22.7 Å². The van der Waals surface area contributed by atoms with Crippen LogP contribution in [0.25, 0.3) is 10.9 Å². The molecule has 1 aromatic carbocycles. The summed E-state index contributed by atoms with van der Waals surface area (Å²) in [5.41, 5.74) is 2.39. The van der Waals surface area contributed by atoms with Gasteiger partial charge in [-0.2, -0.15) is 13.2 Å². The number of amides is 1. The second-order valence-electron chi connectivity index (χ2n) is 11.2. The van der Waals surface area contributed by atoms with Gasteiger partial charge in [-0.25, -0.2) is 0 Å². The van der Waals surface area contributed by atoms with Crippen LogP contribution in [0.2, 0.25) is 0 Å². The lowest BCUT2D eigenvalue weighted by atomic mass is 9.68. The minimum Gasteiger partial charge on any atom is -0.381 e. The Balaban J connectivity index is 1.30. The number of nitrogens with zero attached hydrogens (tertiary/aromatic N) is 1. The Kier molecular flexibility index (Phi) is 7.42. The number of nitrogens with one attached hydrogen (secondary N) is 2. The van der Waals surface area contributed by atoms with E-state index < -0.39 is 11.7 Å². The van der Waals surface area contributed by atoms with Crippen molar-refractivity contribution in [2.45, 2.75) is 58.0 Å². The molecular formula is C29H38F3N3O2. The van der Waals surface area contributed by atoms with Gasteiger partial charge in [0.25, 0.3) is 0 Å². The average molecular weight is 518 g/mol. The molecule has 5 rings (SSSR count). The quantitative estimate of drug-likeness (QED) is 0.486. The number of hydrogen-bond acceptors (Lipinski definition) is 3. The topological polar surface area (TPSA) is 57.4 Å². The molecule has 37 heavy (non-hydrogen) atoms. The van der Waals surface area contributed by atoms with E-state index in [1.807, 2.05) is 6.92 Å². The van der Waals surface area contributed by atoms with Crippen LogP contribution in [0.15, 0.2) is 30.4 Å². The molecule has 1 aliphatic carbocycles. The van der Waals surface area contributed by atoms with Crippen molar-refractivity contribution in [1.29, 1.82) is 0 Å². The number of alkyl halides is 3. The molecule has 2 aromatic rings. The number of benzene rings is 1. The summed E-state index contributed by atoms with van der Waals surface area (Å²) in [6, 6.07) is 4.09. The third kappa shape index (κ3) is 5.46. The number of allylic oxidation sites excluding steroid dienone is 1. The van der Waals surface area contributed by atoms with Crippen LogP contribution in [0.5, 0.6) is 0 Å². The fourth-order valence-electron chi connectivity index (χ4n) is 6.87. The van der Waals surface area contributed by atoms with E-state index in [4.69, 9.17) is 4.74 Å². The Morgan fingerprint density at radius 3 is 2.81 bits per heavy atom. The number of carbonyl (C=O) groups is 1. The fourth-order valence-corrected chi connectivity index (χ4v) is 6.87. The van der Waals surface area contributed by atoms with E-state index in [1.54, 1.807) is 12.1 Å². The zero-order valence-corrected chi connectivity index (χ0v) is 21.8. The average Bonchev–Trinajstić information content (AvgIpc) is 3.25. The summed E-state index contributed by atoms with van der Waals surface area (Å²) in [4.78, 5) is 18.0. The Bertz CT molecular complexity index is 1150. The van der Waals surface area contributed by atoms with Crippen molar-refractivity contribution in [3.63, 3.8) is 0 Å². The van der Waals surface area contributed by atoms with Crippen LogP contribution < -0.4 is 5.32 Å². The van der Waals surface area contributed by atoms with Gasteiger partial charge in [0, 0.05) is 42.9 Å². The normalized spacial score (nSPS) is 26.2. The number of aromatic nitrogens is 1. The first-order valence-electron chi connectivity index (χ1n) is 13.7. The molecule has 1 unspecified atom stereocenters. The number of likely N-dealkylation sites (tertiary alicyclic amines) is 1. The van der Waals surface area contributed by atoms with Gasteiger partial charge in [-0.05, 0) is 105 Å². The first-order valence-corrected chi connectivity index (χ1v) is 13.7. The predicted molar refractivity (Wildman–Crippen MR) is 138 cm³/mol. The monoisotopic (exact) mass is 517 g/mol. The van der Waals surface area contributed by atoms with Crippen molar-refractivity contribution in [2.75, 3.05) is 39.4 Å². The largest absolute Gasteiger partial charge is 0.416 e. The van der Waals surface area contributed by atoms with Crippen LogP contribution >= 0.6 is 0 Å². The lowest BCUT2D eigenvalue weighted by Crippen LogP contribution is -2.46. The number of carbonyl (C=O) groups excluding carboxylic acids is 1. The van der Waals surface area contributed by atoms with E-state index >= 15 is 0 Å². The third-order valence-electron chi connectivity index (χ3n) is 9.06. The number of likely N-dealkylation sites (N-methyl/N-ethyl adjacent to an activating group) is 1. The van der Waals surface area contributed by atoms with E-state index in [1.165, 1.54) is 12.1 Å². The zero-order chi connectivity index (χ0) is 26.2. The van der Waals surface area contributed by atoms with Gasteiger partial charge in [-0.3, -0.25) is 4.79 Å². The summed E-state index contributed by atoms with van der Waals surface area (Å²) < 4.78 is 45.9. The molecule has 3 aliphatic rings. The maximum absolute atomic E-state index is 13.4. The smallest absolute Gasteiger partial charge is 0.381 e. The molecule has 0 radical (unpaired) electrons. The van der Waals surface area contributed by atoms with E-state index in [0.29, 0.717) is 31.6 Å². The number of rotatable bonds is 6. The van der Waals surface area contributed by atoms with E-state index in [-0.39, 0.29) is 17.2 Å². The van der Waals surface area contributed by atoms with Gasteiger partial charge in [0.05, 0.1) is 5.56 Å². The molecule has 2 fully saturated rings. The number of fused-ring (bicyclic) bond motifs is 4. The van der Waals surface area contributed by atoms with Crippen LogP contribution in [0.4, 0.5) is 13.2 Å². The highest BCUT2D eigenvalue weighted by atomic mass is 19.4. The highest BCUT2D eigenvalue weighted by Crippen LogP contribution is 2.47. The van der Waals surface area contributed by atoms with Crippen LogP contribution in [-0.2, 0) is 22.1 Å². The van der Waals surface area contributed by atoms with Crippen molar-refractivity contribution in [2.24, 2.45) is 17.3 Å². The first-order chi connectivity index (χ1) is 17.7. The SMILES string of the molecule is CCNC(=O)/C=C/C1(CCN2CC[C@@H]3Cc4[nH]c5ccc(C(F)(F)F)cc5c4[C@H](C)C3C2)CCOCC1. The molecule has 2 saturated heterocycles. The number of hydrogen-bond donors (Lipinski definition) is 2. The lowest BCUT2D eigenvalue weighted by molar-refractivity contribution is -0.137. The van der Waals surface area contributed by atoms with Gasteiger partial charge in [-0.15, -0.1) is 0 Å². The second-order valence-corrected chi connectivity index (χ2v) is 11.2. The van der Waals surface area contributed by atoms with Crippen LogP contribution in [0.3, 0.4) is 0 Å². The molecule has 2 aliphatic heterocycles. The molecule has 5 nitrogen and oxygen atoms in total. The number of aromatic amines is 1. The van der Waals surface area contributed by atoms with Gasteiger partial charge in [0.15, 0.2) is 0 Å². The molecule has 2 N–H and O–H groups in total. The summed E-state index contributed by atoms with van der Waals surface area (Å²) in [6.07, 6.45) is 4.27. The molecule has 0 saturated carbocycles. The molecule has 8 heteroatoms. The Hall–Kier alpha value is -2.32. The summed E-state index contributed by atoms with van der Waals surface area (Å²) in [7, 11) is 0. The van der Waals surface area contributed by atoms with E-state index in [0.717, 1.165) is 73.9 Å². The minimum absolute atomic E-state index is 0.0314. The van der Waals surface area contributed by atoms with Crippen LogP contribution in [-0.4, -0.2) is 55.2 Å². The van der Waals surface area contributed by atoms with Crippen molar-refractivity contribution in [3.05, 3.63) is 47.2 Å². The highest BCUT2D eigenvalue weighted by Gasteiger charge is 2.41. The zero-order valence-electron chi connectivity index (χ0n) is 21.8. The van der Waals surface area contributed by atoms with Crippen molar-refractivity contribution in [3.8, 4) is 0 Å².